The third-order valence-corrected chi connectivity index (χ3v) is 5.46. The van der Waals surface area contributed by atoms with Crippen LogP contribution in [-0.2, 0) is 10.2 Å². The van der Waals surface area contributed by atoms with Gasteiger partial charge in [0.1, 0.15) is 12.4 Å². The lowest BCUT2D eigenvalue weighted by Crippen LogP contribution is -2.42. The molecular weight excluding hydrogens is 388 g/mol. The molecule has 0 spiro atoms. The first-order valence-electron chi connectivity index (χ1n) is 9.55. The second-order valence-electron chi connectivity index (χ2n) is 6.98. The van der Waals surface area contributed by atoms with Crippen LogP contribution in [-0.4, -0.2) is 25.0 Å². The Kier molecular flexibility index (Phi) is 6.79. The Hall–Kier alpha value is -2.97. The molecule has 3 N–H and O–H groups in total. The van der Waals surface area contributed by atoms with Gasteiger partial charge in [0.05, 0.1) is 17.5 Å². The molecule has 0 aliphatic heterocycles. The molecule has 0 heterocycles. The van der Waals surface area contributed by atoms with Crippen LogP contribution in [0.5, 0.6) is 5.75 Å². The van der Waals surface area contributed by atoms with Crippen molar-refractivity contribution in [2.45, 2.75) is 31.1 Å². The van der Waals surface area contributed by atoms with Crippen LogP contribution in [0.25, 0.3) is 0 Å². The van der Waals surface area contributed by atoms with Gasteiger partial charge in [0.2, 0.25) is 5.91 Å². The first-order chi connectivity index (χ1) is 14.0. The van der Waals surface area contributed by atoms with E-state index in [2.05, 4.69) is 17.2 Å². The highest BCUT2D eigenvalue weighted by Gasteiger charge is 2.42. The molecule has 1 aliphatic rings. The fourth-order valence-electron chi connectivity index (χ4n) is 3.71. The highest BCUT2D eigenvalue weighted by molar-refractivity contribution is 6.30. The fraction of sp³-hybridized carbons (Fsp3) is 0.304. The molecule has 2 aromatic rings. The smallest absolute Gasteiger partial charge is 0.252 e. The Morgan fingerprint density at radius 1 is 1.07 bits per heavy atom. The van der Waals surface area contributed by atoms with Crippen LogP contribution in [0.1, 0.15) is 41.6 Å². The molecule has 2 amide bonds. The minimum atomic E-state index is -0.551. The maximum atomic E-state index is 12.9. The van der Waals surface area contributed by atoms with E-state index in [9.17, 15) is 9.59 Å². The standard InChI is InChI=1S/C23H23ClN2O3/c24-18-11-9-17(10-12-18)23(13-3-4-14-23)22(28)26-15-5-6-16-29-20-8-2-1-7-19(20)21(25)27/h1-2,7-12H,3-4,13-16H2,(H2,25,27)(H,26,28). The van der Waals surface area contributed by atoms with Crippen molar-refractivity contribution in [3.8, 4) is 17.6 Å². The van der Waals surface area contributed by atoms with Crippen molar-refractivity contribution in [1.82, 2.24) is 5.32 Å². The Morgan fingerprint density at radius 3 is 2.45 bits per heavy atom. The summed E-state index contributed by atoms with van der Waals surface area (Å²) in [7, 11) is 0. The summed E-state index contributed by atoms with van der Waals surface area (Å²) >= 11 is 5.99. The molecule has 150 valence electrons. The number of nitrogens with two attached hydrogens (primary N) is 1. The molecule has 5 nitrogen and oxygen atoms in total. The molecule has 0 atom stereocenters. The van der Waals surface area contributed by atoms with Crippen LogP contribution in [0.15, 0.2) is 48.5 Å². The predicted molar refractivity (Wildman–Crippen MR) is 113 cm³/mol. The Balaban J connectivity index is 1.56. The van der Waals surface area contributed by atoms with Gasteiger partial charge in [-0.15, -0.1) is 0 Å². The molecule has 1 aliphatic carbocycles. The number of nitrogens with one attached hydrogen (secondary N) is 1. The lowest BCUT2D eigenvalue weighted by Gasteiger charge is -2.28. The number of halogens is 1. The van der Waals surface area contributed by atoms with Crippen molar-refractivity contribution in [2.75, 3.05) is 13.2 Å². The van der Waals surface area contributed by atoms with Gasteiger partial charge in [0.15, 0.2) is 0 Å². The summed E-state index contributed by atoms with van der Waals surface area (Å²) in [6.07, 6.45) is 3.69. The van der Waals surface area contributed by atoms with E-state index in [1.165, 1.54) is 0 Å². The van der Waals surface area contributed by atoms with E-state index in [0.717, 1.165) is 31.2 Å². The summed E-state index contributed by atoms with van der Waals surface area (Å²) in [4.78, 5) is 24.3. The summed E-state index contributed by atoms with van der Waals surface area (Å²) in [5.74, 6) is 5.58. The molecule has 0 unspecified atom stereocenters. The molecule has 1 saturated carbocycles. The van der Waals surface area contributed by atoms with E-state index in [4.69, 9.17) is 22.1 Å². The number of rotatable bonds is 6. The highest BCUT2D eigenvalue weighted by Crippen LogP contribution is 2.41. The van der Waals surface area contributed by atoms with Gasteiger partial charge < -0.3 is 15.8 Å². The van der Waals surface area contributed by atoms with Crippen molar-refractivity contribution in [3.63, 3.8) is 0 Å². The first kappa shape index (κ1) is 20.8. The summed E-state index contributed by atoms with van der Waals surface area (Å²) in [6.45, 7) is 0.331. The van der Waals surface area contributed by atoms with E-state index in [-0.39, 0.29) is 19.1 Å². The summed E-state index contributed by atoms with van der Waals surface area (Å²) < 4.78 is 5.51. The van der Waals surface area contributed by atoms with Crippen LogP contribution in [0.4, 0.5) is 0 Å². The number of hydrogen-bond donors (Lipinski definition) is 2. The highest BCUT2D eigenvalue weighted by atomic mass is 35.5. The molecule has 29 heavy (non-hydrogen) atoms. The fourth-order valence-corrected chi connectivity index (χ4v) is 3.84. The Labute approximate surface area is 175 Å². The normalized spacial score (nSPS) is 14.5. The van der Waals surface area contributed by atoms with Crippen LogP contribution in [0.3, 0.4) is 0 Å². The minimum absolute atomic E-state index is 0.00776. The number of carbonyl (C=O) groups excluding carboxylic acids is 2. The molecule has 3 rings (SSSR count). The van der Waals surface area contributed by atoms with Gasteiger partial charge in [-0.3, -0.25) is 9.59 Å². The van der Waals surface area contributed by atoms with Gasteiger partial charge in [-0.1, -0.05) is 60.5 Å². The molecule has 0 aromatic heterocycles. The lowest BCUT2D eigenvalue weighted by molar-refractivity contribution is -0.126. The number of ether oxygens (including phenoxy) is 1. The zero-order valence-corrected chi connectivity index (χ0v) is 16.8. The van der Waals surface area contributed by atoms with Crippen molar-refractivity contribution in [1.29, 1.82) is 0 Å². The van der Waals surface area contributed by atoms with Crippen molar-refractivity contribution >= 4 is 23.4 Å². The number of primary amides is 1. The second kappa shape index (κ2) is 9.49. The maximum absolute atomic E-state index is 12.9. The van der Waals surface area contributed by atoms with Crippen LogP contribution >= 0.6 is 11.6 Å². The summed E-state index contributed by atoms with van der Waals surface area (Å²) in [5.41, 5.74) is 6.12. The average molecular weight is 411 g/mol. The van der Waals surface area contributed by atoms with E-state index in [1.807, 2.05) is 24.3 Å². The monoisotopic (exact) mass is 410 g/mol. The topological polar surface area (TPSA) is 81.4 Å². The van der Waals surface area contributed by atoms with Gasteiger partial charge in [0.25, 0.3) is 5.91 Å². The molecule has 0 saturated heterocycles. The predicted octanol–water partition coefficient (Wildman–Crippen LogP) is 3.45. The van der Waals surface area contributed by atoms with Crippen LogP contribution in [0, 0.1) is 11.8 Å². The van der Waals surface area contributed by atoms with E-state index in [1.54, 1.807) is 24.3 Å². The number of para-hydroxylation sites is 1. The van der Waals surface area contributed by atoms with Gasteiger partial charge in [-0.25, -0.2) is 0 Å². The van der Waals surface area contributed by atoms with Crippen LogP contribution in [0.2, 0.25) is 5.02 Å². The quantitative estimate of drug-likeness (QED) is 0.715. The zero-order valence-electron chi connectivity index (χ0n) is 16.0. The number of hydrogen-bond acceptors (Lipinski definition) is 3. The number of amides is 2. The van der Waals surface area contributed by atoms with Gasteiger partial charge in [-0.05, 0) is 42.7 Å². The summed E-state index contributed by atoms with van der Waals surface area (Å²) in [6, 6.07) is 14.3. The molecule has 0 radical (unpaired) electrons. The first-order valence-corrected chi connectivity index (χ1v) is 9.92. The van der Waals surface area contributed by atoms with Gasteiger partial charge >= 0.3 is 0 Å². The molecule has 6 heteroatoms. The molecular formula is C23H23ClN2O3. The minimum Gasteiger partial charge on any atom is -0.480 e. The van der Waals surface area contributed by atoms with E-state index < -0.39 is 11.3 Å². The van der Waals surface area contributed by atoms with Crippen molar-refractivity contribution in [3.05, 3.63) is 64.7 Å². The molecule has 2 aromatic carbocycles. The van der Waals surface area contributed by atoms with Gasteiger partial charge in [0, 0.05) is 5.02 Å². The average Bonchev–Trinajstić information content (AvgIpc) is 3.22. The third-order valence-electron chi connectivity index (χ3n) is 5.20. The third kappa shape index (κ3) is 4.90. The molecule has 0 bridgehead atoms. The maximum Gasteiger partial charge on any atom is 0.252 e. The van der Waals surface area contributed by atoms with Crippen LogP contribution < -0.4 is 15.8 Å². The number of carbonyl (C=O) groups is 2. The van der Waals surface area contributed by atoms with E-state index >= 15 is 0 Å². The molecule has 1 fully saturated rings. The largest absolute Gasteiger partial charge is 0.480 e. The van der Waals surface area contributed by atoms with Crippen molar-refractivity contribution < 1.29 is 14.3 Å². The summed E-state index contributed by atoms with van der Waals surface area (Å²) in [5, 5.41) is 3.59. The zero-order chi connectivity index (χ0) is 20.7. The van der Waals surface area contributed by atoms with Gasteiger partial charge in [-0.2, -0.15) is 0 Å². The van der Waals surface area contributed by atoms with Crippen molar-refractivity contribution in [2.24, 2.45) is 5.73 Å². The lowest BCUT2D eigenvalue weighted by atomic mass is 9.78. The Morgan fingerprint density at radius 2 is 1.76 bits per heavy atom. The SMILES string of the molecule is NC(=O)c1ccccc1OCC#CCNC(=O)C1(c2ccc(Cl)cc2)CCCC1. The number of benzene rings is 2. The Bertz CT molecular complexity index is 939. The second-order valence-corrected chi connectivity index (χ2v) is 7.42. The van der Waals surface area contributed by atoms with E-state index in [0.29, 0.717) is 16.3 Å².